The van der Waals surface area contributed by atoms with E-state index < -0.39 is 29.6 Å². The Kier molecular flexibility index (Phi) is 9.14. The minimum Gasteiger partial charge on any atom is -0.494 e. The van der Waals surface area contributed by atoms with E-state index in [9.17, 15) is 14.4 Å². The van der Waals surface area contributed by atoms with Crippen LogP contribution in [-0.4, -0.2) is 89.8 Å². The second-order valence-electron chi connectivity index (χ2n) is 11.4. The number of aliphatic hydroxyl groups excluding tert-OH is 1. The van der Waals surface area contributed by atoms with E-state index >= 15 is 0 Å². The van der Waals surface area contributed by atoms with Gasteiger partial charge in [0.2, 0.25) is 17.7 Å². The number of anilines is 1. The van der Waals surface area contributed by atoms with Gasteiger partial charge < -0.3 is 29.3 Å². The SMILES string of the molecule is CCCCN1CC=C[C@]23O[C@@H]4C=CCN(c5ccc(OCC)cc5)C(=O)[C@@H]4[C@H]2C(=O)N(CCCCCCO)C3C1=O. The van der Waals surface area contributed by atoms with Gasteiger partial charge >= 0.3 is 0 Å². The van der Waals surface area contributed by atoms with Gasteiger partial charge in [0.05, 0.1) is 24.5 Å². The van der Waals surface area contributed by atoms with Crippen LogP contribution in [0.1, 0.15) is 52.4 Å². The molecular formula is C32H43N3O6. The lowest BCUT2D eigenvalue weighted by atomic mass is 9.77. The number of unbranched alkanes of at least 4 members (excludes halogenated alkanes) is 4. The smallest absolute Gasteiger partial charge is 0.249 e. The van der Waals surface area contributed by atoms with Gasteiger partial charge in [0.25, 0.3) is 0 Å². The third kappa shape index (κ3) is 5.42. The third-order valence-electron chi connectivity index (χ3n) is 8.79. The normalized spacial score (nSPS) is 29.0. The van der Waals surface area contributed by atoms with Crippen LogP contribution >= 0.6 is 0 Å². The van der Waals surface area contributed by atoms with Crippen molar-refractivity contribution in [1.29, 1.82) is 0 Å². The molecule has 0 saturated carbocycles. The summed E-state index contributed by atoms with van der Waals surface area (Å²) in [6, 6.07) is 6.61. The van der Waals surface area contributed by atoms with Crippen LogP contribution in [-0.2, 0) is 19.1 Å². The van der Waals surface area contributed by atoms with E-state index in [0.29, 0.717) is 39.2 Å². The van der Waals surface area contributed by atoms with Gasteiger partial charge in [0, 0.05) is 38.5 Å². The van der Waals surface area contributed by atoms with E-state index in [1.54, 1.807) is 9.80 Å². The first-order valence-corrected chi connectivity index (χ1v) is 15.2. The molecule has 41 heavy (non-hydrogen) atoms. The van der Waals surface area contributed by atoms with Crippen LogP contribution in [0.5, 0.6) is 5.75 Å². The van der Waals surface area contributed by atoms with Crippen LogP contribution in [0.4, 0.5) is 5.69 Å². The van der Waals surface area contributed by atoms with Crippen LogP contribution in [0.25, 0.3) is 0 Å². The molecule has 4 aliphatic rings. The van der Waals surface area contributed by atoms with Gasteiger partial charge in [0.15, 0.2) is 0 Å². The molecule has 1 spiro atoms. The van der Waals surface area contributed by atoms with E-state index in [2.05, 4.69) is 6.92 Å². The standard InChI is InChI=1S/C32H43N3O6/c1-3-5-18-33-19-11-17-32-27(30(38)35(28(32)31(33)39)20-8-6-7-9-22-36)26-25(41-32)12-10-21-34(29(26)37)23-13-15-24(16-14-23)40-4-2/h10-17,25-28,36H,3-9,18-22H2,1-2H3/t25-,26+,27+,28?,32+/m1/s1. The second-order valence-corrected chi connectivity index (χ2v) is 11.4. The quantitative estimate of drug-likeness (QED) is 0.308. The Bertz CT molecular complexity index is 1170. The Balaban J connectivity index is 1.48. The first-order chi connectivity index (χ1) is 20.0. The molecule has 2 fully saturated rings. The summed E-state index contributed by atoms with van der Waals surface area (Å²) in [5.74, 6) is -1.26. The lowest BCUT2D eigenvalue weighted by Gasteiger charge is -2.35. The van der Waals surface area contributed by atoms with Gasteiger partial charge in [-0.25, -0.2) is 0 Å². The molecule has 1 unspecified atom stereocenters. The molecule has 0 aliphatic carbocycles. The summed E-state index contributed by atoms with van der Waals surface area (Å²) in [5.41, 5.74) is -0.470. The molecule has 5 atom stereocenters. The number of benzene rings is 1. The highest BCUT2D eigenvalue weighted by Crippen LogP contribution is 2.53. The maximum absolute atomic E-state index is 14.3. The van der Waals surface area contributed by atoms with Crippen molar-refractivity contribution in [2.24, 2.45) is 11.8 Å². The van der Waals surface area contributed by atoms with Crippen molar-refractivity contribution in [1.82, 2.24) is 9.80 Å². The largest absolute Gasteiger partial charge is 0.494 e. The van der Waals surface area contributed by atoms with Gasteiger partial charge in [-0.15, -0.1) is 0 Å². The van der Waals surface area contributed by atoms with Crippen LogP contribution in [0.15, 0.2) is 48.6 Å². The number of ether oxygens (including phenoxy) is 2. The number of amides is 3. The number of likely N-dealkylation sites (tertiary alicyclic amines) is 1. The number of hydrogen-bond acceptors (Lipinski definition) is 6. The molecule has 4 aliphatic heterocycles. The second kappa shape index (κ2) is 12.8. The first-order valence-electron chi connectivity index (χ1n) is 15.2. The number of fused-ring (bicyclic) bond motifs is 2. The maximum atomic E-state index is 14.3. The molecule has 0 aromatic heterocycles. The molecule has 3 amide bonds. The number of nitrogens with zero attached hydrogens (tertiary/aromatic N) is 3. The zero-order valence-electron chi connectivity index (χ0n) is 24.2. The molecule has 222 valence electrons. The monoisotopic (exact) mass is 565 g/mol. The van der Waals surface area contributed by atoms with Gasteiger partial charge in [-0.05, 0) is 50.5 Å². The minimum atomic E-state index is -1.20. The van der Waals surface area contributed by atoms with Gasteiger partial charge in [-0.3, -0.25) is 14.4 Å². The summed E-state index contributed by atoms with van der Waals surface area (Å²) in [4.78, 5) is 47.9. The molecule has 9 heteroatoms. The van der Waals surface area contributed by atoms with Crippen molar-refractivity contribution in [2.45, 2.75) is 70.1 Å². The van der Waals surface area contributed by atoms with Crippen LogP contribution in [0, 0.1) is 11.8 Å². The number of carbonyl (C=O) groups is 3. The fourth-order valence-electron chi connectivity index (χ4n) is 6.84. The molecular weight excluding hydrogens is 522 g/mol. The Morgan fingerprint density at radius 2 is 1.71 bits per heavy atom. The molecule has 2 saturated heterocycles. The first kappa shape index (κ1) is 29.3. The van der Waals surface area contributed by atoms with E-state index in [-0.39, 0.29) is 24.3 Å². The Labute approximate surface area is 242 Å². The van der Waals surface area contributed by atoms with E-state index in [1.807, 2.05) is 60.4 Å². The average molecular weight is 566 g/mol. The number of rotatable bonds is 12. The summed E-state index contributed by atoms with van der Waals surface area (Å²) in [6.45, 7) is 6.58. The Morgan fingerprint density at radius 3 is 2.44 bits per heavy atom. The number of carbonyl (C=O) groups excluding carboxylic acids is 3. The molecule has 1 aromatic rings. The van der Waals surface area contributed by atoms with Gasteiger partial charge in [0.1, 0.15) is 17.4 Å². The van der Waals surface area contributed by atoms with Crippen LogP contribution in [0.2, 0.25) is 0 Å². The van der Waals surface area contributed by atoms with Gasteiger partial charge in [-0.2, -0.15) is 0 Å². The zero-order valence-corrected chi connectivity index (χ0v) is 24.2. The molecule has 5 rings (SSSR count). The van der Waals surface area contributed by atoms with Crippen molar-refractivity contribution >= 4 is 23.4 Å². The van der Waals surface area contributed by atoms with E-state index in [1.165, 1.54) is 0 Å². The predicted molar refractivity (Wildman–Crippen MR) is 155 cm³/mol. The summed E-state index contributed by atoms with van der Waals surface area (Å²) in [5, 5.41) is 9.16. The topological polar surface area (TPSA) is 99.6 Å². The van der Waals surface area contributed by atoms with Crippen molar-refractivity contribution in [3.63, 3.8) is 0 Å². The van der Waals surface area contributed by atoms with Crippen molar-refractivity contribution in [2.75, 3.05) is 44.3 Å². The van der Waals surface area contributed by atoms with Gasteiger partial charge in [-0.1, -0.05) is 50.5 Å². The highest BCUT2D eigenvalue weighted by atomic mass is 16.5. The molecule has 4 heterocycles. The molecule has 1 N–H and O–H groups in total. The number of hydrogen-bond donors (Lipinski definition) is 1. The maximum Gasteiger partial charge on any atom is 0.249 e. The van der Waals surface area contributed by atoms with Crippen LogP contribution in [0.3, 0.4) is 0 Å². The summed E-state index contributed by atoms with van der Waals surface area (Å²) < 4.78 is 12.3. The predicted octanol–water partition coefficient (Wildman–Crippen LogP) is 3.32. The lowest BCUT2D eigenvalue weighted by Crippen LogP contribution is -2.55. The zero-order chi connectivity index (χ0) is 29.0. The van der Waals surface area contributed by atoms with Crippen molar-refractivity contribution in [3.8, 4) is 5.75 Å². The fraction of sp³-hybridized carbons (Fsp3) is 0.594. The van der Waals surface area contributed by atoms with Crippen LogP contribution < -0.4 is 9.64 Å². The summed E-state index contributed by atoms with van der Waals surface area (Å²) >= 11 is 0. The Morgan fingerprint density at radius 1 is 0.927 bits per heavy atom. The van der Waals surface area contributed by atoms with E-state index in [0.717, 1.165) is 43.5 Å². The number of aliphatic hydroxyl groups is 1. The fourth-order valence-corrected chi connectivity index (χ4v) is 6.84. The lowest BCUT2D eigenvalue weighted by molar-refractivity contribution is -0.147. The summed E-state index contributed by atoms with van der Waals surface area (Å²) in [6.07, 6.45) is 12.0. The Hall–Kier alpha value is -3.17. The van der Waals surface area contributed by atoms with Crippen molar-refractivity contribution in [3.05, 3.63) is 48.6 Å². The minimum absolute atomic E-state index is 0.106. The average Bonchev–Trinajstić information content (AvgIpc) is 3.28. The van der Waals surface area contributed by atoms with Crippen molar-refractivity contribution < 1.29 is 29.0 Å². The highest BCUT2D eigenvalue weighted by Gasteiger charge is 2.71. The third-order valence-corrected chi connectivity index (χ3v) is 8.79. The van der Waals surface area contributed by atoms with E-state index in [4.69, 9.17) is 14.6 Å². The molecule has 9 nitrogen and oxygen atoms in total. The molecule has 1 aromatic carbocycles. The summed E-state index contributed by atoms with van der Waals surface area (Å²) in [7, 11) is 0. The highest BCUT2D eigenvalue weighted by molar-refractivity contribution is 6.03. The molecule has 0 bridgehead atoms. The molecule has 0 radical (unpaired) electrons.